The second-order valence-corrected chi connectivity index (χ2v) is 6.31. The molecule has 0 saturated heterocycles. The first kappa shape index (κ1) is 17.9. The molecule has 0 N–H and O–H groups in total. The summed E-state index contributed by atoms with van der Waals surface area (Å²) in [5.41, 5.74) is 4.84. The molecule has 0 unspecified atom stereocenters. The summed E-state index contributed by atoms with van der Waals surface area (Å²) in [5, 5.41) is 0. The van der Waals surface area contributed by atoms with E-state index in [2.05, 4.69) is 60.0 Å². The van der Waals surface area contributed by atoms with Crippen LogP contribution in [0.5, 0.6) is 0 Å². The normalized spacial score (nSPS) is 12.8. The van der Waals surface area contributed by atoms with E-state index in [0.717, 1.165) is 12.2 Å². The van der Waals surface area contributed by atoms with Crippen molar-refractivity contribution in [3.63, 3.8) is 0 Å². The maximum atomic E-state index is 5.33. The van der Waals surface area contributed by atoms with Gasteiger partial charge in [0.1, 0.15) is 0 Å². The lowest BCUT2D eigenvalue weighted by Gasteiger charge is -2.17. The molecule has 1 aliphatic rings. The fraction of sp³-hybridized carbons (Fsp3) is 0.200. The van der Waals surface area contributed by atoms with Crippen LogP contribution in [0.25, 0.3) is 5.57 Å². The largest absolute Gasteiger partial charge is 0.373 e. The highest BCUT2D eigenvalue weighted by molar-refractivity contribution is 14.1. The molecule has 2 nitrogen and oxygen atoms in total. The predicted octanol–water partition coefficient (Wildman–Crippen LogP) is 5.22. The van der Waals surface area contributed by atoms with Crippen LogP contribution in [0.4, 0.5) is 0 Å². The van der Waals surface area contributed by atoms with Gasteiger partial charge >= 0.3 is 0 Å². The molecule has 1 heterocycles. The van der Waals surface area contributed by atoms with Gasteiger partial charge in [0, 0.05) is 3.57 Å². The molecule has 120 valence electrons. The Morgan fingerprint density at radius 2 is 1.83 bits per heavy atom. The molecule has 2 aromatic rings. The first-order chi connectivity index (χ1) is 11.2. The average Bonchev–Trinajstić information content (AvgIpc) is 2.58. The SMILES string of the molecule is C=C1COCc2ccccc21.C=CCOCc1ccccc1I. The molecule has 23 heavy (non-hydrogen) atoms. The predicted molar refractivity (Wildman–Crippen MR) is 104 cm³/mol. The molecule has 0 fully saturated rings. The zero-order valence-corrected chi connectivity index (χ0v) is 15.3. The van der Waals surface area contributed by atoms with E-state index in [9.17, 15) is 0 Å². The summed E-state index contributed by atoms with van der Waals surface area (Å²) < 4.78 is 11.9. The Kier molecular flexibility index (Phi) is 7.52. The smallest absolute Gasteiger partial charge is 0.0731 e. The summed E-state index contributed by atoms with van der Waals surface area (Å²) in [5.74, 6) is 0. The highest BCUT2D eigenvalue weighted by Gasteiger charge is 2.10. The lowest BCUT2D eigenvalue weighted by atomic mass is 10.0. The van der Waals surface area contributed by atoms with Crippen LogP contribution in [0.15, 0.2) is 67.8 Å². The Hall–Kier alpha value is -1.43. The van der Waals surface area contributed by atoms with Crippen LogP contribution in [0.1, 0.15) is 16.7 Å². The van der Waals surface area contributed by atoms with Crippen LogP contribution in [0.3, 0.4) is 0 Å². The molecule has 0 saturated carbocycles. The summed E-state index contributed by atoms with van der Waals surface area (Å²) in [6.45, 7) is 10.2. The van der Waals surface area contributed by atoms with Gasteiger partial charge in [0.25, 0.3) is 0 Å². The quantitative estimate of drug-likeness (QED) is 0.384. The van der Waals surface area contributed by atoms with Gasteiger partial charge in [-0.25, -0.2) is 0 Å². The number of halogens is 1. The van der Waals surface area contributed by atoms with Crippen LogP contribution in [-0.4, -0.2) is 13.2 Å². The molecule has 0 atom stereocenters. The first-order valence-electron chi connectivity index (χ1n) is 7.48. The minimum atomic E-state index is 0.616. The van der Waals surface area contributed by atoms with Gasteiger partial charge in [-0.1, -0.05) is 55.1 Å². The molecule has 2 aromatic carbocycles. The average molecular weight is 420 g/mol. The third-order valence-corrected chi connectivity index (χ3v) is 4.44. The van der Waals surface area contributed by atoms with Crippen LogP contribution >= 0.6 is 22.6 Å². The summed E-state index contributed by atoms with van der Waals surface area (Å²) in [6, 6.07) is 16.4. The van der Waals surface area contributed by atoms with Crippen molar-refractivity contribution < 1.29 is 9.47 Å². The van der Waals surface area contributed by atoms with E-state index in [0.29, 0.717) is 19.8 Å². The van der Waals surface area contributed by atoms with Crippen molar-refractivity contribution in [1.82, 2.24) is 0 Å². The molecule has 0 bridgehead atoms. The van der Waals surface area contributed by atoms with Gasteiger partial charge in [-0.15, -0.1) is 6.58 Å². The molecule has 3 heteroatoms. The molecule has 3 rings (SSSR count). The Balaban J connectivity index is 0.000000167. The van der Waals surface area contributed by atoms with Gasteiger partial charge in [-0.2, -0.15) is 0 Å². The van der Waals surface area contributed by atoms with Crippen molar-refractivity contribution in [3.05, 3.63) is 88.0 Å². The van der Waals surface area contributed by atoms with E-state index in [1.807, 2.05) is 24.3 Å². The van der Waals surface area contributed by atoms with Crippen molar-refractivity contribution in [2.75, 3.05) is 13.2 Å². The van der Waals surface area contributed by atoms with E-state index in [-0.39, 0.29) is 0 Å². The number of hydrogen-bond donors (Lipinski definition) is 0. The molecule has 1 aliphatic heterocycles. The van der Waals surface area contributed by atoms with Crippen LogP contribution in [0, 0.1) is 3.57 Å². The lowest BCUT2D eigenvalue weighted by molar-refractivity contribution is 0.146. The van der Waals surface area contributed by atoms with Crippen molar-refractivity contribution >= 4 is 28.2 Å². The monoisotopic (exact) mass is 420 g/mol. The van der Waals surface area contributed by atoms with Crippen molar-refractivity contribution in [2.24, 2.45) is 0 Å². The second-order valence-electron chi connectivity index (χ2n) is 5.15. The zero-order valence-electron chi connectivity index (χ0n) is 13.1. The van der Waals surface area contributed by atoms with Crippen molar-refractivity contribution in [3.8, 4) is 0 Å². The minimum Gasteiger partial charge on any atom is -0.373 e. The topological polar surface area (TPSA) is 18.5 Å². The van der Waals surface area contributed by atoms with Crippen LogP contribution < -0.4 is 0 Å². The maximum absolute atomic E-state index is 5.33. The van der Waals surface area contributed by atoms with Gasteiger partial charge in [-0.05, 0) is 50.9 Å². The van der Waals surface area contributed by atoms with E-state index < -0.39 is 0 Å². The summed E-state index contributed by atoms with van der Waals surface area (Å²) in [7, 11) is 0. The van der Waals surface area contributed by atoms with Gasteiger partial charge in [0.15, 0.2) is 0 Å². The molecule has 0 spiro atoms. The van der Waals surface area contributed by atoms with Crippen molar-refractivity contribution in [1.29, 1.82) is 0 Å². The Labute approximate surface area is 152 Å². The van der Waals surface area contributed by atoms with Gasteiger partial charge < -0.3 is 9.47 Å². The fourth-order valence-corrected chi connectivity index (χ4v) is 2.76. The highest BCUT2D eigenvalue weighted by Crippen LogP contribution is 2.23. The van der Waals surface area contributed by atoms with E-state index in [4.69, 9.17) is 9.47 Å². The number of benzene rings is 2. The van der Waals surface area contributed by atoms with Crippen LogP contribution in [0.2, 0.25) is 0 Å². The molecule has 0 amide bonds. The molecular weight excluding hydrogens is 399 g/mol. The molecule has 0 radical (unpaired) electrons. The first-order valence-corrected chi connectivity index (χ1v) is 8.56. The Morgan fingerprint density at radius 1 is 1.09 bits per heavy atom. The fourth-order valence-electron chi connectivity index (χ4n) is 2.22. The standard InChI is InChI=1S/C10H11IO.C10H10O/c1-2-7-12-8-9-5-3-4-6-10(9)11;1-8-6-11-7-9-4-2-3-5-10(8)9/h2-6H,1,7-8H2;2-5H,1,6-7H2. The number of ether oxygens (including phenoxy) is 2. The maximum Gasteiger partial charge on any atom is 0.0731 e. The summed E-state index contributed by atoms with van der Waals surface area (Å²) >= 11 is 2.31. The Bertz CT molecular complexity index is 664. The third kappa shape index (κ3) is 5.61. The molecular formula is C20H21IO2. The third-order valence-electron chi connectivity index (χ3n) is 3.38. The molecule has 0 aromatic heterocycles. The number of hydrogen-bond acceptors (Lipinski definition) is 2. The zero-order chi connectivity index (χ0) is 16.5. The molecule has 0 aliphatic carbocycles. The summed E-state index contributed by atoms with van der Waals surface area (Å²) in [4.78, 5) is 0. The number of fused-ring (bicyclic) bond motifs is 1. The van der Waals surface area contributed by atoms with E-state index in [1.54, 1.807) is 6.08 Å². The minimum absolute atomic E-state index is 0.616. The van der Waals surface area contributed by atoms with Gasteiger partial charge in [0.2, 0.25) is 0 Å². The lowest BCUT2D eigenvalue weighted by Crippen LogP contribution is -2.07. The van der Waals surface area contributed by atoms with E-state index >= 15 is 0 Å². The van der Waals surface area contributed by atoms with Crippen LogP contribution in [-0.2, 0) is 22.7 Å². The van der Waals surface area contributed by atoms with Gasteiger partial charge in [0.05, 0.1) is 26.4 Å². The second kappa shape index (κ2) is 9.65. The highest BCUT2D eigenvalue weighted by atomic mass is 127. The summed E-state index contributed by atoms with van der Waals surface area (Å²) in [6.07, 6.45) is 1.76. The van der Waals surface area contributed by atoms with E-state index in [1.165, 1.54) is 20.3 Å². The van der Waals surface area contributed by atoms with Gasteiger partial charge in [-0.3, -0.25) is 0 Å². The number of rotatable bonds is 4. The Morgan fingerprint density at radius 3 is 2.57 bits per heavy atom. The van der Waals surface area contributed by atoms with Crippen molar-refractivity contribution in [2.45, 2.75) is 13.2 Å².